The third-order valence-electron chi connectivity index (χ3n) is 3.09. The summed E-state index contributed by atoms with van der Waals surface area (Å²) in [5.41, 5.74) is 0. The molecule has 0 aliphatic heterocycles. The first-order valence-electron chi connectivity index (χ1n) is 5.38. The fourth-order valence-corrected chi connectivity index (χ4v) is 2.32. The molecular formula is C12H24O4. The van der Waals surface area contributed by atoms with Crippen molar-refractivity contribution < 1.29 is 20.4 Å². The molecule has 5 atom stereocenters. The van der Waals surface area contributed by atoms with E-state index in [1.54, 1.807) is 0 Å². The molecular weight excluding hydrogens is 208 g/mol. The van der Waals surface area contributed by atoms with E-state index in [0.29, 0.717) is 12.8 Å². The fraction of sp³-hybridized carbons (Fsp3) is 0.833. The maximum atomic E-state index is 9.71. The van der Waals surface area contributed by atoms with Crippen LogP contribution in [0.25, 0.3) is 0 Å². The average Bonchev–Trinajstić information content (AvgIpc) is 2.45. The largest absolute Gasteiger partial charge is 0.394 e. The Bertz CT molecular complexity index is 217. The molecule has 0 aromatic heterocycles. The first kappa shape index (κ1) is 15.6. The standard InChI is InChI=1S/C11H20O4.CH4/c1-2-3-8-9(4-7(13)6-12)11(15)5-10(8)14;/h2-3,7-15H,4-6H2,1H3;1H4/b3-2+;/t7?,8?,9-,10-,11+;/m1./s1. The average molecular weight is 232 g/mol. The van der Waals surface area contributed by atoms with Crippen molar-refractivity contribution in [3.63, 3.8) is 0 Å². The number of aliphatic hydroxyl groups is 4. The predicted molar refractivity (Wildman–Crippen MR) is 62.9 cm³/mol. The molecule has 4 N–H and O–H groups in total. The highest BCUT2D eigenvalue weighted by molar-refractivity contribution is 5.02. The van der Waals surface area contributed by atoms with Gasteiger partial charge in [-0.3, -0.25) is 0 Å². The second-order valence-electron chi connectivity index (χ2n) is 4.21. The second-order valence-corrected chi connectivity index (χ2v) is 4.21. The molecule has 1 rings (SSSR count). The van der Waals surface area contributed by atoms with E-state index in [1.807, 2.05) is 19.1 Å². The minimum atomic E-state index is -0.817. The van der Waals surface area contributed by atoms with Crippen LogP contribution in [0.5, 0.6) is 0 Å². The maximum absolute atomic E-state index is 9.71. The van der Waals surface area contributed by atoms with E-state index in [2.05, 4.69) is 0 Å². The Hall–Kier alpha value is -0.420. The zero-order chi connectivity index (χ0) is 11.4. The van der Waals surface area contributed by atoms with Gasteiger partial charge in [-0.2, -0.15) is 0 Å². The Balaban J connectivity index is 0.00000225. The number of hydrogen-bond acceptors (Lipinski definition) is 4. The third-order valence-corrected chi connectivity index (χ3v) is 3.09. The lowest BCUT2D eigenvalue weighted by molar-refractivity contribution is 0.0385. The highest BCUT2D eigenvalue weighted by Gasteiger charge is 2.40. The highest BCUT2D eigenvalue weighted by atomic mass is 16.3. The smallest absolute Gasteiger partial charge is 0.0774 e. The SMILES string of the molecule is C.C/C=C/C1[C@H](O)C[C@H](O)[C@@H]1CC(O)CO. The van der Waals surface area contributed by atoms with Crippen LogP contribution in [0, 0.1) is 11.8 Å². The van der Waals surface area contributed by atoms with Crippen molar-refractivity contribution in [1.29, 1.82) is 0 Å². The zero-order valence-electron chi connectivity index (χ0n) is 8.95. The lowest BCUT2D eigenvalue weighted by atomic mass is 9.88. The van der Waals surface area contributed by atoms with Crippen molar-refractivity contribution in [3.8, 4) is 0 Å². The number of rotatable bonds is 4. The number of aliphatic hydroxyl groups excluding tert-OH is 4. The van der Waals surface area contributed by atoms with Gasteiger partial charge in [0.15, 0.2) is 0 Å². The van der Waals surface area contributed by atoms with Gasteiger partial charge in [0.2, 0.25) is 0 Å². The van der Waals surface area contributed by atoms with Crippen molar-refractivity contribution in [2.75, 3.05) is 6.61 Å². The Morgan fingerprint density at radius 1 is 1.31 bits per heavy atom. The van der Waals surface area contributed by atoms with Gasteiger partial charge in [-0.05, 0) is 19.3 Å². The van der Waals surface area contributed by atoms with Gasteiger partial charge in [0.1, 0.15) is 0 Å². The molecule has 0 spiro atoms. The van der Waals surface area contributed by atoms with E-state index in [9.17, 15) is 15.3 Å². The lowest BCUT2D eigenvalue weighted by Gasteiger charge is -2.22. The van der Waals surface area contributed by atoms with Gasteiger partial charge in [-0.15, -0.1) is 0 Å². The molecule has 4 heteroatoms. The summed E-state index contributed by atoms with van der Waals surface area (Å²) in [6.07, 6.45) is 2.40. The summed E-state index contributed by atoms with van der Waals surface area (Å²) in [6.45, 7) is 1.55. The molecule has 1 aliphatic carbocycles. The fourth-order valence-electron chi connectivity index (χ4n) is 2.32. The molecule has 0 radical (unpaired) electrons. The Morgan fingerprint density at radius 2 is 1.94 bits per heavy atom. The van der Waals surface area contributed by atoms with Crippen LogP contribution in [0.15, 0.2) is 12.2 Å². The topological polar surface area (TPSA) is 80.9 Å². The molecule has 0 bridgehead atoms. The van der Waals surface area contributed by atoms with Gasteiger partial charge < -0.3 is 20.4 Å². The summed E-state index contributed by atoms with van der Waals surface area (Å²) in [5, 5.41) is 37.5. The van der Waals surface area contributed by atoms with Crippen LogP contribution in [-0.2, 0) is 0 Å². The van der Waals surface area contributed by atoms with Gasteiger partial charge in [0.05, 0.1) is 24.9 Å². The summed E-state index contributed by atoms with van der Waals surface area (Å²) in [7, 11) is 0. The van der Waals surface area contributed by atoms with Crippen molar-refractivity contribution in [3.05, 3.63) is 12.2 Å². The van der Waals surface area contributed by atoms with Crippen LogP contribution in [0.4, 0.5) is 0 Å². The summed E-state index contributed by atoms with van der Waals surface area (Å²) in [4.78, 5) is 0. The minimum Gasteiger partial charge on any atom is -0.394 e. The van der Waals surface area contributed by atoms with Crippen molar-refractivity contribution >= 4 is 0 Å². The minimum absolute atomic E-state index is 0. The molecule has 1 fully saturated rings. The highest BCUT2D eigenvalue weighted by Crippen LogP contribution is 2.36. The number of allylic oxidation sites excluding steroid dienone is 1. The van der Waals surface area contributed by atoms with Crippen LogP contribution in [0.3, 0.4) is 0 Å². The first-order chi connectivity index (χ1) is 7.10. The second kappa shape index (κ2) is 7.01. The summed E-state index contributed by atoms with van der Waals surface area (Å²) in [5.74, 6) is -0.287. The van der Waals surface area contributed by atoms with E-state index in [-0.39, 0.29) is 25.9 Å². The van der Waals surface area contributed by atoms with E-state index in [1.165, 1.54) is 0 Å². The van der Waals surface area contributed by atoms with Crippen LogP contribution in [0.1, 0.15) is 27.2 Å². The normalized spacial score (nSPS) is 36.3. The molecule has 0 heterocycles. The lowest BCUT2D eigenvalue weighted by Crippen LogP contribution is -2.27. The third kappa shape index (κ3) is 3.56. The molecule has 0 aromatic carbocycles. The van der Waals surface area contributed by atoms with Gasteiger partial charge in [0.25, 0.3) is 0 Å². The zero-order valence-corrected chi connectivity index (χ0v) is 8.95. The molecule has 1 saturated carbocycles. The van der Waals surface area contributed by atoms with Crippen molar-refractivity contribution in [2.24, 2.45) is 11.8 Å². The Labute approximate surface area is 97.2 Å². The van der Waals surface area contributed by atoms with Gasteiger partial charge in [0, 0.05) is 12.3 Å². The number of hydrogen-bond donors (Lipinski definition) is 4. The molecule has 16 heavy (non-hydrogen) atoms. The molecule has 2 unspecified atom stereocenters. The molecule has 4 nitrogen and oxygen atoms in total. The van der Waals surface area contributed by atoms with E-state index >= 15 is 0 Å². The van der Waals surface area contributed by atoms with Crippen LogP contribution < -0.4 is 0 Å². The monoisotopic (exact) mass is 232 g/mol. The Morgan fingerprint density at radius 3 is 2.44 bits per heavy atom. The molecule has 0 amide bonds. The van der Waals surface area contributed by atoms with Crippen molar-refractivity contribution in [2.45, 2.75) is 45.5 Å². The van der Waals surface area contributed by atoms with Crippen molar-refractivity contribution in [1.82, 2.24) is 0 Å². The molecule has 0 saturated heterocycles. The van der Waals surface area contributed by atoms with E-state index < -0.39 is 18.3 Å². The summed E-state index contributed by atoms with van der Waals surface area (Å²) in [6, 6.07) is 0. The summed E-state index contributed by atoms with van der Waals surface area (Å²) >= 11 is 0. The Kier molecular flexibility index (Phi) is 6.83. The van der Waals surface area contributed by atoms with Gasteiger partial charge in [-0.25, -0.2) is 0 Å². The van der Waals surface area contributed by atoms with Crippen LogP contribution >= 0.6 is 0 Å². The van der Waals surface area contributed by atoms with Gasteiger partial charge >= 0.3 is 0 Å². The van der Waals surface area contributed by atoms with Gasteiger partial charge in [-0.1, -0.05) is 19.6 Å². The van der Waals surface area contributed by atoms with Crippen LogP contribution in [0.2, 0.25) is 0 Å². The van der Waals surface area contributed by atoms with E-state index in [0.717, 1.165) is 0 Å². The molecule has 96 valence electrons. The predicted octanol–water partition coefficient (Wildman–Crippen LogP) is 0.300. The molecule has 1 aliphatic rings. The first-order valence-corrected chi connectivity index (χ1v) is 5.38. The quantitative estimate of drug-likeness (QED) is 0.526. The summed E-state index contributed by atoms with van der Waals surface area (Å²) < 4.78 is 0. The van der Waals surface area contributed by atoms with E-state index in [4.69, 9.17) is 5.11 Å². The van der Waals surface area contributed by atoms with Crippen LogP contribution in [-0.4, -0.2) is 45.3 Å². The maximum Gasteiger partial charge on any atom is 0.0774 e. The molecule has 0 aromatic rings.